The SMILES string of the molecule is CC(C)(C)C1CCc2c(sc3ncnc(Nc4ccc(SC#N)cc4)c23)C1. The van der Waals surface area contributed by atoms with E-state index in [1.807, 2.05) is 35.6 Å². The second kappa shape index (κ2) is 7.14. The van der Waals surface area contributed by atoms with Crippen molar-refractivity contribution < 1.29 is 0 Å². The number of thioether (sulfide) groups is 1. The van der Waals surface area contributed by atoms with E-state index in [-0.39, 0.29) is 0 Å². The van der Waals surface area contributed by atoms with Crippen molar-refractivity contribution in [2.45, 2.75) is 44.9 Å². The van der Waals surface area contributed by atoms with E-state index in [1.54, 1.807) is 6.33 Å². The van der Waals surface area contributed by atoms with E-state index in [0.717, 1.165) is 34.1 Å². The summed E-state index contributed by atoms with van der Waals surface area (Å²) in [5.41, 5.74) is 2.74. The number of nitrogens with zero attached hydrogens (tertiary/aromatic N) is 3. The lowest BCUT2D eigenvalue weighted by Crippen LogP contribution is -2.26. The molecule has 4 nitrogen and oxygen atoms in total. The first kappa shape index (κ1) is 18.3. The van der Waals surface area contributed by atoms with Gasteiger partial charge in [0.2, 0.25) is 0 Å². The van der Waals surface area contributed by atoms with Gasteiger partial charge in [0.15, 0.2) is 0 Å². The number of hydrogen-bond acceptors (Lipinski definition) is 6. The Hall–Kier alpha value is -2.10. The van der Waals surface area contributed by atoms with Crippen LogP contribution in [0.5, 0.6) is 0 Å². The predicted octanol–water partition coefficient (Wildman–Crippen LogP) is 6.16. The topological polar surface area (TPSA) is 61.6 Å². The third-order valence-corrected chi connectivity index (χ3v) is 7.11. The van der Waals surface area contributed by atoms with Crippen molar-refractivity contribution in [3.8, 4) is 5.40 Å². The lowest BCUT2D eigenvalue weighted by molar-refractivity contribution is 0.218. The predicted molar refractivity (Wildman–Crippen MR) is 114 cm³/mol. The highest BCUT2D eigenvalue weighted by molar-refractivity contribution is 8.03. The number of nitrogens with one attached hydrogen (secondary N) is 1. The van der Waals surface area contributed by atoms with Gasteiger partial charge in [-0.2, -0.15) is 5.26 Å². The molecule has 0 radical (unpaired) electrons. The Morgan fingerprint density at radius 2 is 2.00 bits per heavy atom. The molecule has 27 heavy (non-hydrogen) atoms. The smallest absolute Gasteiger partial charge is 0.142 e. The van der Waals surface area contributed by atoms with Crippen LogP contribution in [0.1, 0.15) is 37.6 Å². The number of fused-ring (bicyclic) bond motifs is 3. The van der Waals surface area contributed by atoms with Gasteiger partial charge in [0.25, 0.3) is 0 Å². The number of benzene rings is 1. The Morgan fingerprint density at radius 3 is 2.70 bits per heavy atom. The fraction of sp³-hybridized carbons (Fsp3) is 0.381. The molecular formula is C21H22N4S2. The summed E-state index contributed by atoms with van der Waals surface area (Å²) >= 11 is 2.99. The third-order valence-electron chi connectivity index (χ3n) is 5.35. The Kier molecular flexibility index (Phi) is 4.83. The fourth-order valence-corrected chi connectivity index (χ4v) is 5.38. The molecule has 1 aromatic carbocycles. The van der Waals surface area contributed by atoms with Crippen LogP contribution >= 0.6 is 23.1 Å². The molecule has 1 unspecified atom stereocenters. The minimum Gasteiger partial charge on any atom is -0.340 e. The third kappa shape index (κ3) is 3.67. The summed E-state index contributed by atoms with van der Waals surface area (Å²) in [6, 6.07) is 7.88. The molecule has 1 atom stereocenters. The van der Waals surface area contributed by atoms with Gasteiger partial charge in [0, 0.05) is 15.5 Å². The average Bonchev–Trinajstić information content (AvgIpc) is 3.01. The number of thiocyanates is 1. The van der Waals surface area contributed by atoms with Gasteiger partial charge in [0.1, 0.15) is 22.4 Å². The van der Waals surface area contributed by atoms with Crippen LogP contribution in [-0.4, -0.2) is 9.97 Å². The monoisotopic (exact) mass is 394 g/mol. The summed E-state index contributed by atoms with van der Waals surface area (Å²) in [4.78, 5) is 12.6. The molecule has 138 valence electrons. The van der Waals surface area contributed by atoms with E-state index >= 15 is 0 Å². The maximum Gasteiger partial charge on any atom is 0.142 e. The van der Waals surface area contributed by atoms with Crippen LogP contribution in [0, 0.1) is 22.0 Å². The van der Waals surface area contributed by atoms with Crippen molar-refractivity contribution in [3.63, 3.8) is 0 Å². The van der Waals surface area contributed by atoms with Gasteiger partial charge in [-0.15, -0.1) is 11.3 Å². The fourth-order valence-electron chi connectivity index (χ4n) is 3.74. The van der Waals surface area contributed by atoms with Gasteiger partial charge >= 0.3 is 0 Å². The van der Waals surface area contributed by atoms with E-state index < -0.39 is 0 Å². The number of thiophene rings is 1. The zero-order valence-corrected chi connectivity index (χ0v) is 17.4. The molecule has 2 aromatic heterocycles. The van der Waals surface area contributed by atoms with Crippen LogP contribution in [0.2, 0.25) is 0 Å². The Morgan fingerprint density at radius 1 is 1.22 bits per heavy atom. The molecule has 0 saturated heterocycles. The van der Waals surface area contributed by atoms with Crippen molar-refractivity contribution in [1.29, 1.82) is 5.26 Å². The van der Waals surface area contributed by atoms with Crippen molar-refractivity contribution in [2.24, 2.45) is 11.3 Å². The number of aromatic nitrogens is 2. The number of aryl methyl sites for hydroxylation is 1. The maximum absolute atomic E-state index is 8.78. The summed E-state index contributed by atoms with van der Waals surface area (Å²) in [7, 11) is 0. The molecule has 1 N–H and O–H groups in total. The highest BCUT2D eigenvalue weighted by Gasteiger charge is 2.31. The van der Waals surface area contributed by atoms with Crippen molar-refractivity contribution in [2.75, 3.05) is 5.32 Å². The minimum atomic E-state index is 0.337. The second-order valence-corrected chi connectivity index (χ2v) is 10.00. The van der Waals surface area contributed by atoms with Crippen molar-refractivity contribution in [3.05, 3.63) is 41.0 Å². The molecule has 0 bridgehead atoms. The highest BCUT2D eigenvalue weighted by atomic mass is 32.2. The molecule has 0 fully saturated rings. The number of hydrogen-bond donors (Lipinski definition) is 1. The number of anilines is 2. The molecular weight excluding hydrogens is 372 g/mol. The molecule has 1 aliphatic carbocycles. The van der Waals surface area contributed by atoms with Gasteiger partial charge in [-0.3, -0.25) is 0 Å². The molecule has 6 heteroatoms. The standard InChI is InChI=1S/C21H22N4S2/c1-21(2,3)13-4-9-16-17(10-13)27-20-18(16)19(23-12-24-20)25-14-5-7-15(8-6-14)26-11-22/h5-8,12-13H,4,9-10H2,1-3H3,(H,23,24,25). The molecule has 4 rings (SSSR count). The normalized spacial score (nSPS) is 16.7. The molecule has 0 saturated carbocycles. The molecule has 0 aliphatic heterocycles. The highest BCUT2D eigenvalue weighted by Crippen LogP contribution is 2.44. The molecule has 0 amide bonds. The summed E-state index contributed by atoms with van der Waals surface area (Å²) in [6.45, 7) is 7.03. The minimum absolute atomic E-state index is 0.337. The van der Waals surface area contributed by atoms with Gasteiger partial charge in [0.05, 0.1) is 5.39 Å². The zero-order valence-electron chi connectivity index (χ0n) is 15.7. The lowest BCUT2D eigenvalue weighted by Gasteiger charge is -2.33. The summed E-state index contributed by atoms with van der Waals surface area (Å²) in [6.07, 6.45) is 5.10. The van der Waals surface area contributed by atoms with Crippen LogP contribution in [0.15, 0.2) is 35.5 Å². The van der Waals surface area contributed by atoms with E-state index in [0.29, 0.717) is 11.3 Å². The lowest BCUT2D eigenvalue weighted by atomic mass is 9.72. The first-order valence-electron chi connectivity index (χ1n) is 9.14. The van der Waals surface area contributed by atoms with Crippen LogP contribution < -0.4 is 5.32 Å². The first-order chi connectivity index (χ1) is 13.0. The summed E-state index contributed by atoms with van der Waals surface area (Å²) in [5.74, 6) is 1.60. The van der Waals surface area contributed by atoms with E-state index in [1.165, 1.54) is 34.0 Å². The van der Waals surface area contributed by atoms with Crippen LogP contribution in [-0.2, 0) is 12.8 Å². The Balaban J connectivity index is 1.67. The maximum atomic E-state index is 8.78. The van der Waals surface area contributed by atoms with E-state index in [9.17, 15) is 0 Å². The molecule has 0 spiro atoms. The molecule has 1 aliphatic rings. The van der Waals surface area contributed by atoms with Crippen LogP contribution in [0.25, 0.3) is 10.2 Å². The molecule has 3 aromatic rings. The number of nitriles is 1. The second-order valence-electron chi connectivity index (χ2n) is 8.05. The number of rotatable bonds is 3. The summed E-state index contributed by atoms with van der Waals surface area (Å²) < 4.78 is 0. The van der Waals surface area contributed by atoms with Crippen molar-refractivity contribution >= 4 is 44.8 Å². The average molecular weight is 395 g/mol. The first-order valence-corrected chi connectivity index (χ1v) is 10.8. The van der Waals surface area contributed by atoms with Crippen LogP contribution in [0.4, 0.5) is 11.5 Å². The quantitative estimate of drug-likeness (QED) is 0.426. The van der Waals surface area contributed by atoms with Crippen LogP contribution in [0.3, 0.4) is 0 Å². The van der Waals surface area contributed by atoms with Gasteiger partial charge < -0.3 is 5.32 Å². The van der Waals surface area contributed by atoms with Gasteiger partial charge in [-0.05, 0) is 72.2 Å². The van der Waals surface area contributed by atoms with Crippen molar-refractivity contribution in [1.82, 2.24) is 9.97 Å². The van der Waals surface area contributed by atoms with E-state index in [4.69, 9.17) is 5.26 Å². The largest absolute Gasteiger partial charge is 0.340 e. The van der Waals surface area contributed by atoms with Gasteiger partial charge in [-0.25, -0.2) is 9.97 Å². The Bertz CT molecular complexity index is 1010. The Labute approximate surface area is 168 Å². The van der Waals surface area contributed by atoms with E-state index in [2.05, 4.69) is 41.5 Å². The molecule has 2 heterocycles. The van der Waals surface area contributed by atoms with Gasteiger partial charge in [-0.1, -0.05) is 20.8 Å². The summed E-state index contributed by atoms with van der Waals surface area (Å²) in [5, 5.41) is 15.5. The zero-order chi connectivity index (χ0) is 19.0.